The Balaban J connectivity index is 0.00000169. The molecule has 0 atom stereocenters. The molecule has 0 aliphatic carbocycles. The van der Waals surface area contributed by atoms with E-state index in [-0.39, 0.29) is 18.9 Å². The summed E-state index contributed by atoms with van der Waals surface area (Å²) < 4.78 is 18.0. The van der Waals surface area contributed by atoms with E-state index >= 15 is 0 Å². The average Bonchev–Trinajstić information content (AvgIpc) is 3.04. The Kier molecular flexibility index (Phi) is 4.57. The van der Waals surface area contributed by atoms with Gasteiger partial charge in [0, 0.05) is 11.1 Å². The molecular formula is C20H15LiO3. The zero-order valence-corrected chi connectivity index (χ0v) is 13.7. The molecule has 0 amide bonds. The summed E-state index contributed by atoms with van der Waals surface area (Å²) in [6, 6.07) is 26.3. The molecule has 0 radical (unpaired) electrons. The fourth-order valence-electron chi connectivity index (χ4n) is 2.81. The largest absolute Gasteiger partial charge is 1.00 e. The molecule has 1 aliphatic rings. The van der Waals surface area contributed by atoms with Crippen LogP contribution in [0.3, 0.4) is 0 Å². The summed E-state index contributed by atoms with van der Waals surface area (Å²) >= 11 is 0. The third-order valence-electron chi connectivity index (χ3n) is 3.90. The Morgan fingerprint density at radius 2 is 1.42 bits per heavy atom. The second kappa shape index (κ2) is 6.65. The molecule has 0 saturated carbocycles. The molecule has 0 unspecified atom stereocenters. The van der Waals surface area contributed by atoms with E-state index in [1.54, 1.807) is 19.2 Å². The van der Waals surface area contributed by atoms with Gasteiger partial charge in [-0.25, -0.2) is 0 Å². The predicted molar refractivity (Wildman–Crippen MR) is 86.8 cm³/mol. The molecule has 114 valence electrons. The van der Waals surface area contributed by atoms with E-state index in [0.717, 1.165) is 11.1 Å². The first kappa shape index (κ1) is 16.5. The van der Waals surface area contributed by atoms with E-state index in [9.17, 15) is 0 Å². The zero-order valence-electron chi connectivity index (χ0n) is 13.7. The number of rotatable bonds is 3. The first-order valence-corrected chi connectivity index (χ1v) is 7.40. The van der Waals surface area contributed by atoms with Gasteiger partial charge in [0.05, 0.1) is 24.4 Å². The molecule has 4 rings (SSSR count). The van der Waals surface area contributed by atoms with Gasteiger partial charge in [-0.1, -0.05) is 60.7 Å². The van der Waals surface area contributed by atoms with E-state index in [2.05, 4.69) is 6.07 Å². The number of methoxy groups -OCH3 is 1. The fraction of sp³-hybridized carbons (Fsp3) is 0.100. The van der Waals surface area contributed by atoms with Crippen molar-refractivity contribution in [3.63, 3.8) is 0 Å². The van der Waals surface area contributed by atoms with Gasteiger partial charge in [-0.15, -0.1) is 12.1 Å². The summed E-state index contributed by atoms with van der Waals surface area (Å²) in [5, 5.41) is 0. The molecule has 3 nitrogen and oxygen atoms in total. The van der Waals surface area contributed by atoms with Crippen LogP contribution in [-0.4, -0.2) is 7.11 Å². The van der Waals surface area contributed by atoms with Crippen molar-refractivity contribution in [3.05, 3.63) is 90.0 Å². The molecule has 4 heteroatoms. The third kappa shape index (κ3) is 2.56. The van der Waals surface area contributed by atoms with Crippen LogP contribution in [0.15, 0.2) is 72.8 Å². The maximum atomic E-state index is 6.32. The fourth-order valence-corrected chi connectivity index (χ4v) is 2.81. The quantitative estimate of drug-likeness (QED) is 0.537. The van der Waals surface area contributed by atoms with Crippen LogP contribution in [0, 0.1) is 6.07 Å². The molecule has 0 N–H and O–H groups in total. The minimum atomic E-state index is -1.02. The molecule has 0 bridgehead atoms. The summed E-state index contributed by atoms with van der Waals surface area (Å²) in [4.78, 5) is 0. The third-order valence-corrected chi connectivity index (χ3v) is 3.90. The Hall–Kier alpha value is -2.34. The van der Waals surface area contributed by atoms with Crippen LogP contribution >= 0.6 is 0 Å². The Morgan fingerprint density at radius 1 is 0.833 bits per heavy atom. The van der Waals surface area contributed by atoms with Gasteiger partial charge in [0.1, 0.15) is 0 Å². The topological polar surface area (TPSA) is 27.7 Å². The minimum Gasteiger partial charge on any atom is -0.550 e. The van der Waals surface area contributed by atoms with Crippen molar-refractivity contribution in [3.8, 4) is 17.2 Å². The second-order valence-electron chi connectivity index (χ2n) is 5.27. The Morgan fingerprint density at radius 3 is 1.96 bits per heavy atom. The number of hydrogen-bond donors (Lipinski definition) is 0. The van der Waals surface area contributed by atoms with Crippen molar-refractivity contribution in [1.29, 1.82) is 0 Å². The average molecular weight is 310 g/mol. The Labute approximate surface area is 153 Å². The van der Waals surface area contributed by atoms with Crippen molar-refractivity contribution < 1.29 is 33.1 Å². The molecule has 1 heterocycles. The van der Waals surface area contributed by atoms with Crippen LogP contribution < -0.4 is 33.1 Å². The van der Waals surface area contributed by atoms with Gasteiger partial charge in [-0.3, -0.25) is 0 Å². The van der Waals surface area contributed by atoms with Crippen molar-refractivity contribution >= 4 is 0 Å². The number of hydrogen-bond acceptors (Lipinski definition) is 3. The number of benzene rings is 3. The second-order valence-corrected chi connectivity index (χ2v) is 5.27. The summed E-state index contributed by atoms with van der Waals surface area (Å²) in [6.07, 6.45) is 0. The van der Waals surface area contributed by atoms with Crippen molar-refractivity contribution in [2.24, 2.45) is 0 Å². The van der Waals surface area contributed by atoms with E-state index in [4.69, 9.17) is 14.2 Å². The number of ether oxygens (including phenoxy) is 3. The standard InChI is InChI=1S/C20H15O3.Li/c1-21-17-13-8-14-18-19(17)23-20(22-18,15-9-4-2-5-10-15)16-11-6-3-7-12-16;/h2-7,9-14H,1H3;/q-1;+1. The smallest absolute Gasteiger partial charge is 0.550 e. The van der Waals surface area contributed by atoms with Crippen LogP contribution in [0.1, 0.15) is 11.1 Å². The molecule has 1 aliphatic heterocycles. The SMILES string of the molecule is COc1c[c-]cc2c1OC(c1ccccc1)(c1ccccc1)O2.[Li+]. The summed E-state index contributed by atoms with van der Waals surface area (Å²) in [5.41, 5.74) is 1.84. The summed E-state index contributed by atoms with van der Waals surface area (Å²) in [5.74, 6) is 0.806. The van der Waals surface area contributed by atoms with Gasteiger partial charge in [0.2, 0.25) is 0 Å². The molecular weight excluding hydrogens is 295 g/mol. The van der Waals surface area contributed by atoms with Crippen molar-refractivity contribution in [1.82, 2.24) is 0 Å². The first-order valence-electron chi connectivity index (χ1n) is 7.40. The van der Waals surface area contributed by atoms with Crippen LogP contribution in [0.2, 0.25) is 0 Å². The van der Waals surface area contributed by atoms with Gasteiger partial charge in [0.15, 0.2) is 0 Å². The summed E-state index contributed by atoms with van der Waals surface area (Å²) in [6.45, 7) is 0. The zero-order chi connectivity index (χ0) is 15.7. The van der Waals surface area contributed by atoms with Crippen LogP contribution in [0.25, 0.3) is 0 Å². The molecule has 24 heavy (non-hydrogen) atoms. The normalized spacial score (nSPS) is 13.9. The van der Waals surface area contributed by atoms with Gasteiger partial charge in [-0.2, -0.15) is 6.07 Å². The van der Waals surface area contributed by atoms with Gasteiger partial charge >= 0.3 is 18.9 Å². The molecule has 3 aromatic rings. The van der Waals surface area contributed by atoms with Crippen LogP contribution in [-0.2, 0) is 5.79 Å². The molecule has 0 aromatic heterocycles. The molecule has 0 fully saturated rings. The van der Waals surface area contributed by atoms with E-state index in [1.165, 1.54) is 0 Å². The van der Waals surface area contributed by atoms with Crippen LogP contribution in [0.5, 0.6) is 17.2 Å². The molecule has 3 aromatic carbocycles. The molecule has 0 saturated heterocycles. The van der Waals surface area contributed by atoms with Gasteiger partial charge < -0.3 is 14.2 Å². The van der Waals surface area contributed by atoms with Gasteiger partial charge in [0.25, 0.3) is 5.79 Å². The maximum Gasteiger partial charge on any atom is 1.00 e. The first-order chi connectivity index (χ1) is 11.3. The van der Waals surface area contributed by atoms with Crippen molar-refractivity contribution in [2.45, 2.75) is 5.79 Å². The van der Waals surface area contributed by atoms with E-state index in [0.29, 0.717) is 17.2 Å². The predicted octanol–water partition coefficient (Wildman–Crippen LogP) is 1.17. The van der Waals surface area contributed by atoms with Crippen LogP contribution in [0.4, 0.5) is 0 Å². The molecule has 0 spiro atoms. The van der Waals surface area contributed by atoms with Crippen molar-refractivity contribution in [2.75, 3.05) is 7.11 Å². The Bertz CT molecular complexity index is 779. The maximum absolute atomic E-state index is 6.32. The monoisotopic (exact) mass is 310 g/mol. The van der Waals surface area contributed by atoms with E-state index in [1.807, 2.05) is 60.7 Å². The van der Waals surface area contributed by atoms with E-state index < -0.39 is 5.79 Å². The van der Waals surface area contributed by atoms with Gasteiger partial charge in [-0.05, 0) is 0 Å². The summed E-state index contributed by atoms with van der Waals surface area (Å²) in [7, 11) is 1.61. The minimum absolute atomic E-state index is 0. The number of fused-ring (bicyclic) bond motifs is 1.